The maximum Gasteiger partial charge on any atom is 0.252 e. The standard InChI is InChI=1S/C79H79BN2/c1-73(2,3)47-27-23-44(24-28-47)65-66-53-22-20-19-21-46(53)37-62-72(66)81(68(65)45-25-29-48(30-26-45)74(4,5)6)64-36-35-58-71-67(64)80(62)63-43-52(78(16,17)18)39-57-56-38-51(77(13,14)15)42-61(69(56)82(71)70(57)63)79(58)59-40-49(75(7,8)9)31-33-54(59)55-34-32-50(41-60(55)79)76(10,11)12/h19-43H,1-18H3. The molecule has 408 valence electrons. The van der Waals surface area contributed by atoms with E-state index < -0.39 is 5.41 Å². The second kappa shape index (κ2) is 16.0. The topological polar surface area (TPSA) is 9.86 Å². The van der Waals surface area contributed by atoms with E-state index in [4.69, 9.17) is 0 Å². The normalized spacial score (nSPS) is 15.0. The highest BCUT2D eigenvalue weighted by Crippen LogP contribution is 2.63. The molecule has 5 heterocycles. The summed E-state index contributed by atoms with van der Waals surface area (Å²) in [4.78, 5) is 0. The number of benzene rings is 9. The number of aromatic nitrogens is 2. The quantitative estimate of drug-likeness (QED) is 0.153. The molecule has 0 atom stereocenters. The Labute approximate surface area is 487 Å². The summed E-state index contributed by atoms with van der Waals surface area (Å²) in [7, 11) is 0. The third kappa shape index (κ3) is 6.77. The molecule has 3 aliphatic heterocycles. The van der Waals surface area contributed by atoms with Crippen LogP contribution in [0.4, 0.5) is 0 Å². The average molecular weight is 1070 g/mol. The molecular weight excluding hydrogens is 988 g/mol. The molecule has 0 bridgehead atoms. The monoisotopic (exact) mass is 1070 g/mol. The van der Waals surface area contributed by atoms with Crippen LogP contribution in [0.25, 0.3) is 88.4 Å². The Balaban J connectivity index is 1.20. The van der Waals surface area contributed by atoms with Crippen LogP contribution in [0.3, 0.4) is 0 Å². The fraction of sp³-hybridized carbons (Fsp3) is 0.316. The van der Waals surface area contributed by atoms with Crippen molar-refractivity contribution >= 4 is 66.6 Å². The van der Waals surface area contributed by atoms with E-state index in [2.05, 4.69) is 285 Å². The highest BCUT2D eigenvalue weighted by Gasteiger charge is 2.55. The van der Waals surface area contributed by atoms with Crippen LogP contribution in [0.2, 0.25) is 0 Å². The summed E-state index contributed by atoms with van der Waals surface area (Å²) in [6.07, 6.45) is 0. The van der Waals surface area contributed by atoms with Crippen LogP contribution in [0.1, 0.15) is 180 Å². The van der Waals surface area contributed by atoms with Crippen molar-refractivity contribution in [3.63, 3.8) is 0 Å². The smallest absolute Gasteiger partial charge is 0.252 e. The van der Waals surface area contributed by atoms with Gasteiger partial charge in [0, 0.05) is 38.6 Å². The molecule has 0 unspecified atom stereocenters. The molecule has 0 radical (unpaired) electrons. The lowest BCUT2D eigenvalue weighted by atomic mass is 9.33. The Hall–Kier alpha value is -7.36. The van der Waals surface area contributed by atoms with Gasteiger partial charge in [-0.2, -0.15) is 0 Å². The van der Waals surface area contributed by atoms with Crippen LogP contribution in [0.15, 0.2) is 152 Å². The van der Waals surface area contributed by atoms with Gasteiger partial charge in [0.25, 0.3) is 6.71 Å². The maximum absolute atomic E-state index is 2.82. The van der Waals surface area contributed by atoms with Crippen LogP contribution >= 0.6 is 0 Å². The summed E-state index contributed by atoms with van der Waals surface area (Å²) >= 11 is 0. The molecule has 9 aromatic carbocycles. The average Bonchev–Trinajstić information content (AvgIpc) is 1.45. The number of hydrogen-bond acceptors (Lipinski definition) is 0. The summed E-state index contributed by atoms with van der Waals surface area (Å²) in [5, 5.41) is 6.64. The Morgan fingerprint density at radius 1 is 0.354 bits per heavy atom. The molecule has 0 saturated heterocycles. The molecule has 11 aromatic rings. The van der Waals surface area contributed by atoms with Gasteiger partial charge in [-0.05, 0) is 156 Å². The highest BCUT2D eigenvalue weighted by atomic mass is 15.1. The molecule has 4 aliphatic rings. The molecule has 15 rings (SSSR count). The number of rotatable bonds is 2. The minimum atomic E-state index is -0.641. The van der Waals surface area contributed by atoms with Crippen LogP contribution < -0.4 is 16.4 Å². The summed E-state index contributed by atoms with van der Waals surface area (Å²) in [6.45, 7) is 42.8. The van der Waals surface area contributed by atoms with Crippen molar-refractivity contribution in [1.82, 2.24) is 9.13 Å². The van der Waals surface area contributed by atoms with E-state index in [1.807, 2.05) is 0 Å². The van der Waals surface area contributed by atoms with E-state index in [1.54, 1.807) is 0 Å². The SMILES string of the molecule is CC(C)(C)c1ccc(-c2c(-c3ccc(C(C)(C)C)cc3)n3c4c(cc5ccccc5c24)B2c4c-3ccc3c4-n4c5c2cc(C(C)(C)C)cc5c2cc(C(C)(C)C)cc(c24)C32c3cc(C(C)(C)C)ccc3-c3ccc(C(C)(C)C)cc32)cc1. The summed E-state index contributed by atoms with van der Waals surface area (Å²) in [5.74, 6) is 0. The van der Waals surface area contributed by atoms with Gasteiger partial charge in [-0.1, -0.05) is 258 Å². The number of nitrogens with zero attached hydrogens (tertiary/aromatic N) is 2. The van der Waals surface area contributed by atoms with Gasteiger partial charge in [0.15, 0.2) is 0 Å². The minimum Gasteiger partial charge on any atom is -0.310 e. The second-order valence-corrected chi connectivity index (χ2v) is 31.4. The molecular formula is C79H79BN2. The van der Waals surface area contributed by atoms with Crippen molar-refractivity contribution in [1.29, 1.82) is 0 Å². The maximum atomic E-state index is 2.82. The first-order chi connectivity index (χ1) is 38.5. The molecule has 3 heteroatoms. The second-order valence-electron chi connectivity index (χ2n) is 31.4. The van der Waals surface area contributed by atoms with Crippen molar-refractivity contribution in [2.75, 3.05) is 0 Å². The van der Waals surface area contributed by atoms with Gasteiger partial charge in [0.2, 0.25) is 0 Å². The zero-order chi connectivity index (χ0) is 57.7. The van der Waals surface area contributed by atoms with E-state index >= 15 is 0 Å². The third-order valence-corrected chi connectivity index (χ3v) is 20.0. The van der Waals surface area contributed by atoms with Crippen molar-refractivity contribution < 1.29 is 0 Å². The largest absolute Gasteiger partial charge is 0.310 e. The lowest BCUT2D eigenvalue weighted by molar-refractivity contribution is 0.583. The first-order valence-corrected chi connectivity index (χ1v) is 30.5. The first-order valence-electron chi connectivity index (χ1n) is 30.5. The van der Waals surface area contributed by atoms with Gasteiger partial charge in [-0.15, -0.1) is 0 Å². The predicted molar refractivity (Wildman–Crippen MR) is 354 cm³/mol. The van der Waals surface area contributed by atoms with Crippen molar-refractivity contribution in [2.45, 2.75) is 163 Å². The van der Waals surface area contributed by atoms with Gasteiger partial charge in [-0.3, -0.25) is 0 Å². The van der Waals surface area contributed by atoms with Crippen molar-refractivity contribution in [3.05, 3.63) is 207 Å². The van der Waals surface area contributed by atoms with Crippen LogP contribution in [0.5, 0.6) is 0 Å². The van der Waals surface area contributed by atoms with E-state index in [1.165, 1.54) is 160 Å². The molecule has 0 amide bonds. The summed E-state index contributed by atoms with van der Waals surface area (Å²) in [5.41, 5.74) is 31.4. The lowest BCUT2D eigenvalue weighted by Gasteiger charge is -2.45. The first kappa shape index (κ1) is 51.5. The number of fused-ring (bicyclic) bond motifs is 13. The zero-order valence-corrected chi connectivity index (χ0v) is 51.9. The van der Waals surface area contributed by atoms with Crippen LogP contribution in [0, 0.1) is 0 Å². The third-order valence-electron chi connectivity index (χ3n) is 20.0. The fourth-order valence-electron chi connectivity index (χ4n) is 15.5. The van der Waals surface area contributed by atoms with Crippen molar-refractivity contribution in [3.8, 4) is 44.9 Å². The summed E-state index contributed by atoms with van der Waals surface area (Å²) in [6, 6.07) is 62.0. The van der Waals surface area contributed by atoms with Gasteiger partial charge in [-0.25, -0.2) is 0 Å². The van der Waals surface area contributed by atoms with E-state index in [9.17, 15) is 0 Å². The Bertz CT molecular complexity index is 4570. The highest BCUT2D eigenvalue weighted by molar-refractivity contribution is 7.00. The molecule has 0 N–H and O–H groups in total. The fourth-order valence-corrected chi connectivity index (χ4v) is 15.5. The molecule has 82 heavy (non-hydrogen) atoms. The van der Waals surface area contributed by atoms with Gasteiger partial charge >= 0.3 is 0 Å². The van der Waals surface area contributed by atoms with Crippen LogP contribution in [-0.4, -0.2) is 15.8 Å². The molecule has 2 aromatic heterocycles. The Morgan fingerprint density at radius 2 is 0.829 bits per heavy atom. The van der Waals surface area contributed by atoms with Gasteiger partial charge < -0.3 is 9.13 Å². The lowest BCUT2D eigenvalue weighted by Crippen LogP contribution is -2.60. The number of hydrogen-bond donors (Lipinski definition) is 0. The zero-order valence-electron chi connectivity index (χ0n) is 51.9. The molecule has 2 nitrogen and oxygen atoms in total. The van der Waals surface area contributed by atoms with E-state index in [-0.39, 0.29) is 39.2 Å². The molecule has 0 fully saturated rings. The Morgan fingerprint density at radius 3 is 1.38 bits per heavy atom. The summed E-state index contributed by atoms with van der Waals surface area (Å²) < 4.78 is 5.58. The van der Waals surface area contributed by atoms with Crippen LogP contribution in [-0.2, 0) is 37.9 Å². The van der Waals surface area contributed by atoms with E-state index in [0.29, 0.717) is 0 Å². The van der Waals surface area contributed by atoms with Gasteiger partial charge in [0.05, 0.1) is 22.1 Å². The molecule has 0 saturated carbocycles. The van der Waals surface area contributed by atoms with Gasteiger partial charge in [0.1, 0.15) is 0 Å². The minimum absolute atomic E-state index is 0.00689. The molecule has 1 spiro atoms. The van der Waals surface area contributed by atoms with Crippen molar-refractivity contribution in [2.24, 2.45) is 0 Å². The predicted octanol–water partition coefficient (Wildman–Crippen LogP) is 18.8. The van der Waals surface area contributed by atoms with E-state index in [0.717, 1.165) is 0 Å². The Kier molecular flexibility index (Phi) is 10.1. The molecule has 1 aliphatic carbocycles.